The number of nitrogens with one attached hydrogen (secondary N) is 1. The average Bonchev–Trinajstić information content (AvgIpc) is 2.49. The molecule has 0 aliphatic heterocycles. The van der Waals surface area contributed by atoms with Gasteiger partial charge >= 0.3 is 0 Å². The molecule has 0 bridgehead atoms. The van der Waals surface area contributed by atoms with Gasteiger partial charge in [0.25, 0.3) is 5.91 Å². The van der Waals surface area contributed by atoms with E-state index in [1.807, 2.05) is 12.1 Å². The maximum atomic E-state index is 13.1. The van der Waals surface area contributed by atoms with E-state index < -0.39 is 5.82 Å². The van der Waals surface area contributed by atoms with Crippen molar-refractivity contribution in [1.82, 2.24) is 0 Å². The number of rotatable bonds is 6. The lowest BCUT2D eigenvalue weighted by Crippen LogP contribution is -2.13. The lowest BCUT2D eigenvalue weighted by Gasteiger charge is -2.12. The van der Waals surface area contributed by atoms with Gasteiger partial charge < -0.3 is 10.1 Å². The first-order valence-electron chi connectivity index (χ1n) is 6.99. The summed E-state index contributed by atoms with van der Waals surface area (Å²) < 4.78 is 18.8. The third-order valence-corrected chi connectivity index (χ3v) is 2.98. The summed E-state index contributed by atoms with van der Waals surface area (Å²) in [7, 11) is 0. The van der Waals surface area contributed by atoms with E-state index in [-0.39, 0.29) is 11.5 Å². The molecule has 0 aliphatic carbocycles. The predicted octanol–water partition coefficient (Wildman–Crippen LogP) is 4.26. The Bertz CT molecular complexity index is 613. The molecular formula is C17H18FNO2. The second-order valence-corrected chi connectivity index (χ2v) is 4.66. The molecule has 2 aromatic carbocycles. The van der Waals surface area contributed by atoms with Crippen LogP contribution in [0.1, 0.15) is 30.1 Å². The van der Waals surface area contributed by atoms with Gasteiger partial charge in [0.1, 0.15) is 11.6 Å². The predicted molar refractivity (Wildman–Crippen MR) is 81.2 cm³/mol. The van der Waals surface area contributed by atoms with Crippen molar-refractivity contribution in [3.63, 3.8) is 0 Å². The Kier molecular flexibility index (Phi) is 5.32. The van der Waals surface area contributed by atoms with E-state index in [4.69, 9.17) is 4.74 Å². The summed E-state index contributed by atoms with van der Waals surface area (Å²) in [4.78, 5) is 12.1. The third kappa shape index (κ3) is 4.31. The summed E-state index contributed by atoms with van der Waals surface area (Å²) in [5, 5.41) is 2.75. The highest BCUT2D eigenvalue weighted by Gasteiger charge is 2.10. The number of hydrogen-bond donors (Lipinski definition) is 1. The normalized spacial score (nSPS) is 10.2. The lowest BCUT2D eigenvalue weighted by molar-refractivity contribution is 0.102. The molecule has 0 radical (unpaired) electrons. The largest absolute Gasteiger partial charge is 0.491 e. The van der Waals surface area contributed by atoms with Crippen LogP contribution in [0, 0.1) is 5.82 Å². The van der Waals surface area contributed by atoms with Gasteiger partial charge in [-0.1, -0.05) is 31.5 Å². The Morgan fingerprint density at radius 3 is 2.76 bits per heavy atom. The zero-order valence-corrected chi connectivity index (χ0v) is 11.9. The van der Waals surface area contributed by atoms with Gasteiger partial charge in [-0.05, 0) is 36.8 Å². The summed E-state index contributed by atoms with van der Waals surface area (Å²) in [6, 6.07) is 12.8. The van der Waals surface area contributed by atoms with Crippen molar-refractivity contribution >= 4 is 11.6 Å². The van der Waals surface area contributed by atoms with Crippen LogP contribution in [0.25, 0.3) is 0 Å². The fourth-order valence-electron chi connectivity index (χ4n) is 1.85. The minimum Gasteiger partial charge on any atom is -0.491 e. The molecule has 0 aromatic heterocycles. The zero-order valence-electron chi connectivity index (χ0n) is 11.9. The summed E-state index contributed by atoms with van der Waals surface area (Å²) in [6.45, 7) is 2.68. The van der Waals surface area contributed by atoms with Gasteiger partial charge in [-0.15, -0.1) is 0 Å². The first-order chi connectivity index (χ1) is 10.2. The van der Waals surface area contributed by atoms with Crippen molar-refractivity contribution in [2.24, 2.45) is 0 Å². The Labute approximate surface area is 123 Å². The number of carbonyl (C=O) groups excluding carboxylic acids is 1. The number of ether oxygens (including phenoxy) is 1. The highest BCUT2D eigenvalue weighted by molar-refractivity contribution is 6.05. The molecule has 0 unspecified atom stereocenters. The van der Waals surface area contributed by atoms with Gasteiger partial charge in [-0.2, -0.15) is 0 Å². The standard InChI is InChI=1S/C17H18FNO2/c1-2-3-11-21-16-10-5-4-9-15(16)19-17(20)13-7-6-8-14(18)12-13/h4-10,12H,2-3,11H2,1H3,(H,19,20). The fourth-order valence-corrected chi connectivity index (χ4v) is 1.85. The van der Waals surface area contributed by atoms with Crippen LogP contribution < -0.4 is 10.1 Å². The number of halogens is 1. The molecule has 2 rings (SSSR count). The van der Waals surface area contributed by atoms with E-state index >= 15 is 0 Å². The maximum Gasteiger partial charge on any atom is 0.255 e. The molecule has 0 aliphatic rings. The Morgan fingerprint density at radius 2 is 2.00 bits per heavy atom. The molecule has 4 heteroatoms. The minimum atomic E-state index is -0.435. The van der Waals surface area contributed by atoms with Gasteiger partial charge in [0.15, 0.2) is 0 Å². The van der Waals surface area contributed by atoms with Crippen molar-refractivity contribution in [2.45, 2.75) is 19.8 Å². The average molecular weight is 287 g/mol. The van der Waals surface area contributed by atoms with Crippen LogP contribution in [0.2, 0.25) is 0 Å². The number of unbranched alkanes of at least 4 members (excludes halogenated alkanes) is 1. The molecule has 3 nitrogen and oxygen atoms in total. The molecular weight excluding hydrogens is 269 g/mol. The van der Waals surface area contributed by atoms with Crippen LogP contribution in [0.4, 0.5) is 10.1 Å². The van der Waals surface area contributed by atoms with E-state index in [2.05, 4.69) is 12.2 Å². The molecule has 0 spiro atoms. The maximum absolute atomic E-state index is 13.1. The van der Waals surface area contributed by atoms with Crippen molar-refractivity contribution in [3.05, 3.63) is 59.9 Å². The molecule has 110 valence electrons. The van der Waals surface area contributed by atoms with Gasteiger partial charge in [-0.25, -0.2) is 4.39 Å². The molecule has 0 atom stereocenters. The van der Waals surface area contributed by atoms with Gasteiger partial charge in [0, 0.05) is 5.56 Å². The summed E-state index contributed by atoms with van der Waals surface area (Å²) in [6.07, 6.45) is 1.99. The van der Waals surface area contributed by atoms with E-state index in [0.717, 1.165) is 12.8 Å². The molecule has 1 amide bonds. The van der Waals surface area contributed by atoms with Gasteiger partial charge in [0.05, 0.1) is 12.3 Å². The summed E-state index contributed by atoms with van der Waals surface area (Å²) in [5.41, 5.74) is 0.862. The quantitative estimate of drug-likeness (QED) is 0.806. The van der Waals surface area contributed by atoms with Gasteiger partial charge in [-0.3, -0.25) is 4.79 Å². The molecule has 0 fully saturated rings. The number of para-hydroxylation sites is 2. The first kappa shape index (κ1) is 15.0. The molecule has 1 N–H and O–H groups in total. The van der Waals surface area contributed by atoms with E-state index in [1.54, 1.807) is 18.2 Å². The van der Waals surface area contributed by atoms with Crippen LogP contribution in [-0.4, -0.2) is 12.5 Å². The van der Waals surface area contributed by atoms with E-state index in [9.17, 15) is 9.18 Å². The van der Waals surface area contributed by atoms with E-state index in [0.29, 0.717) is 18.0 Å². The summed E-state index contributed by atoms with van der Waals surface area (Å²) in [5.74, 6) is -0.174. The van der Waals surface area contributed by atoms with E-state index in [1.165, 1.54) is 18.2 Å². The fraction of sp³-hybridized carbons (Fsp3) is 0.235. The smallest absolute Gasteiger partial charge is 0.255 e. The Balaban J connectivity index is 2.10. The zero-order chi connectivity index (χ0) is 15.1. The lowest BCUT2D eigenvalue weighted by atomic mass is 10.2. The second kappa shape index (κ2) is 7.43. The molecule has 2 aromatic rings. The van der Waals surface area contributed by atoms with Crippen LogP contribution >= 0.6 is 0 Å². The van der Waals surface area contributed by atoms with Crippen molar-refractivity contribution in [1.29, 1.82) is 0 Å². The Hall–Kier alpha value is -2.36. The van der Waals surface area contributed by atoms with Crippen molar-refractivity contribution < 1.29 is 13.9 Å². The van der Waals surface area contributed by atoms with Crippen LogP contribution in [-0.2, 0) is 0 Å². The molecule has 0 saturated heterocycles. The third-order valence-electron chi connectivity index (χ3n) is 2.98. The number of amides is 1. The molecule has 0 heterocycles. The number of hydrogen-bond acceptors (Lipinski definition) is 2. The highest BCUT2D eigenvalue weighted by Crippen LogP contribution is 2.24. The van der Waals surface area contributed by atoms with Crippen molar-refractivity contribution in [3.8, 4) is 5.75 Å². The van der Waals surface area contributed by atoms with Crippen LogP contribution in [0.3, 0.4) is 0 Å². The van der Waals surface area contributed by atoms with Crippen LogP contribution in [0.5, 0.6) is 5.75 Å². The SMILES string of the molecule is CCCCOc1ccccc1NC(=O)c1cccc(F)c1. The highest BCUT2D eigenvalue weighted by atomic mass is 19.1. The van der Waals surface area contributed by atoms with Gasteiger partial charge in [0.2, 0.25) is 0 Å². The molecule has 0 saturated carbocycles. The monoisotopic (exact) mass is 287 g/mol. The number of anilines is 1. The number of carbonyl (C=O) groups is 1. The Morgan fingerprint density at radius 1 is 1.19 bits per heavy atom. The molecule has 21 heavy (non-hydrogen) atoms. The first-order valence-corrected chi connectivity index (χ1v) is 6.99. The van der Waals surface area contributed by atoms with Crippen LogP contribution in [0.15, 0.2) is 48.5 Å². The topological polar surface area (TPSA) is 38.3 Å². The number of benzene rings is 2. The minimum absolute atomic E-state index is 0.276. The second-order valence-electron chi connectivity index (χ2n) is 4.66. The van der Waals surface area contributed by atoms with Crippen molar-refractivity contribution in [2.75, 3.05) is 11.9 Å². The summed E-state index contributed by atoms with van der Waals surface area (Å²) >= 11 is 0.